The van der Waals surface area contributed by atoms with Gasteiger partial charge in [0.25, 0.3) is 0 Å². The fourth-order valence-electron chi connectivity index (χ4n) is 2.50. The van der Waals surface area contributed by atoms with E-state index < -0.39 is 5.97 Å². The molecular weight excluding hydrogens is 294 g/mol. The first-order valence-corrected chi connectivity index (χ1v) is 8.03. The summed E-state index contributed by atoms with van der Waals surface area (Å²) in [5.74, 6) is -0.897. The van der Waals surface area contributed by atoms with E-state index in [9.17, 15) is 9.59 Å². The van der Waals surface area contributed by atoms with Gasteiger partial charge in [-0.3, -0.25) is 9.59 Å². The van der Waals surface area contributed by atoms with E-state index in [1.54, 1.807) is 12.3 Å². The summed E-state index contributed by atoms with van der Waals surface area (Å²) in [6.07, 6.45) is 9.85. The molecule has 1 aromatic rings. The molecule has 3 N–H and O–H groups in total. The number of hydrogen-bond acceptors (Lipinski definition) is 4. The minimum absolute atomic E-state index is 0.0495. The van der Waals surface area contributed by atoms with E-state index in [0.717, 1.165) is 18.7 Å². The van der Waals surface area contributed by atoms with Gasteiger partial charge in [0, 0.05) is 13.0 Å². The molecule has 0 atom stereocenters. The largest absolute Gasteiger partial charge is 0.481 e. The van der Waals surface area contributed by atoms with Gasteiger partial charge in [0.05, 0.1) is 18.3 Å². The Bertz CT molecular complexity index is 567. The second kappa shape index (κ2) is 8.92. The fraction of sp³-hybridized carbons (Fsp3) is 0.471. The molecule has 0 spiro atoms. The monoisotopic (exact) mass is 317 g/mol. The molecule has 23 heavy (non-hydrogen) atoms. The van der Waals surface area contributed by atoms with E-state index in [1.807, 2.05) is 6.07 Å². The molecule has 0 aromatic carbocycles. The van der Waals surface area contributed by atoms with Crippen LogP contribution in [0.1, 0.15) is 44.9 Å². The molecule has 0 saturated heterocycles. The highest BCUT2D eigenvalue weighted by atomic mass is 16.4. The van der Waals surface area contributed by atoms with Crippen LogP contribution in [-0.2, 0) is 9.59 Å². The summed E-state index contributed by atoms with van der Waals surface area (Å²) in [4.78, 5) is 26.1. The zero-order chi connectivity index (χ0) is 16.5. The molecule has 6 nitrogen and oxygen atoms in total. The number of allylic oxidation sites excluding steroid dienone is 1. The first-order valence-electron chi connectivity index (χ1n) is 8.03. The van der Waals surface area contributed by atoms with Gasteiger partial charge in [0.2, 0.25) is 5.91 Å². The number of carboxylic acid groups (broad SMARTS) is 1. The van der Waals surface area contributed by atoms with Crippen LogP contribution in [0, 0.1) is 0 Å². The molecule has 0 unspecified atom stereocenters. The number of carboxylic acids is 1. The first-order chi connectivity index (χ1) is 11.1. The predicted octanol–water partition coefficient (Wildman–Crippen LogP) is 3.19. The minimum atomic E-state index is -0.985. The lowest BCUT2D eigenvalue weighted by Gasteiger charge is -2.13. The SMILES string of the molecule is O=C(O)CCC(=O)Nc1ccc(NCCC2=CCCCC2)cn1. The molecule has 6 heteroatoms. The highest BCUT2D eigenvalue weighted by Gasteiger charge is 2.07. The number of nitrogens with zero attached hydrogens (tertiary/aromatic N) is 1. The standard InChI is InChI=1S/C17H23N3O3/c21-16(8-9-17(22)23)20-15-7-6-14(12-19-15)18-11-10-13-4-2-1-3-5-13/h4,6-7,12,18H,1-3,5,8-11H2,(H,22,23)(H,19,20,21). The summed E-state index contributed by atoms with van der Waals surface area (Å²) in [6.45, 7) is 0.873. The van der Waals surface area contributed by atoms with E-state index in [4.69, 9.17) is 5.11 Å². The van der Waals surface area contributed by atoms with Crippen molar-refractivity contribution >= 4 is 23.4 Å². The van der Waals surface area contributed by atoms with Crippen molar-refractivity contribution in [3.05, 3.63) is 30.0 Å². The van der Waals surface area contributed by atoms with Gasteiger partial charge in [0.1, 0.15) is 5.82 Å². The summed E-state index contributed by atoms with van der Waals surface area (Å²) in [5.41, 5.74) is 2.43. The van der Waals surface area contributed by atoms with Crippen LogP contribution in [-0.4, -0.2) is 28.5 Å². The van der Waals surface area contributed by atoms with Gasteiger partial charge in [-0.05, 0) is 44.2 Å². The van der Waals surface area contributed by atoms with Crippen LogP contribution >= 0.6 is 0 Å². The van der Waals surface area contributed by atoms with Gasteiger partial charge in [-0.2, -0.15) is 0 Å². The summed E-state index contributed by atoms with van der Waals surface area (Å²) in [5, 5.41) is 14.4. The maximum absolute atomic E-state index is 11.5. The smallest absolute Gasteiger partial charge is 0.303 e. The normalized spacial score (nSPS) is 14.0. The lowest BCUT2D eigenvalue weighted by atomic mass is 9.97. The second-order valence-corrected chi connectivity index (χ2v) is 5.66. The Morgan fingerprint density at radius 1 is 1.22 bits per heavy atom. The molecule has 1 amide bonds. The number of aromatic nitrogens is 1. The quantitative estimate of drug-likeness (QED) is 0.640. The lowest BCUT2D eigenvalue weighted by Crippen LogP contribution is -2.14. The molecule has 0 radical (unpaired) electrons. The van der Waals surface area contributed by atoms with Gasteiger partial charge in [-0.1, -0.05) is 11.6 Å². The Morgan fingerprint density at radius 3 is 2.74 bits per heavy atom. The van der Waals surface area contributed by atoms with Crippen LogP contribution in [0.3, 0.4) is 0 Å². The second-order valence-electron chi connectivity index (χ2n) is 5.66. The maximum Gasteiger partial charge on any atom is 0.303 e. The third-order valence-corrected chi connectivity index (χ3v) is 3.76. The Labute approximate surface area is 136 Å². The molecule has 1 heterocycles. The summed E-state index contributed by atoms with van der Waals surface area (Å²) in [7, 11) is 0. The molecule has 1 aromatic heterocycles. The summed E-state index contributed by atoms with van der Waals surface area (Å²) < 4.78 is 0. The van der Waals surface area contributed by atoms with Gasteiger partial charge in [0.15, 0.2) is 0 Å². The predicted molar refractivity (Wildman–Crippen MR) is 89.4 cm³/mol. The number of nitrogens with one attached hydrogen (secondary N) is 2. The highest BCUT2D eigenvalue weighted by Crippen LogP contribution is 2.20. The van der Waals surface area contributed by atoms with Crippen molar-refractivity contribution in [1.82, 2.24) is 4.98 Å². The molecule has 0 bridgehead atoms. The number of carbonyl (C=O) groups excluding carboxylic acids is 1. The molecule has 1 aliphatic rings. The van der Waals surface area contributed by atoms with E-state index >= 15 is 0 Å². The van der Waals surface area contributed by atoms with Crippen LogP contribution in [0.25, 0.3) is 0 Å². The van der Waals surface area contributed by atoms with Gasteiger partial charge in [-0.25, -0.2) is 4.98 Å². The van der Waals surface area contributed by atoms with Crippen LogP contribution in [0.4, 0.5) is 11.5 Å². The van der Waals surface area contributed by atoms with E-state index in [0.29, 0.717) is 5.82 Å². The Hall–Kier alpha value is -2.37. The van der Waals surface area contributed by atoms with E-state index in [2.05, 4.69) is 21.7 Å². The molecule has 124 valence electrons. The zero-order valence-corrected chi connectivity index (χ0v) is 13.2. The minimum Gasteiger partial charge on any atom is -0.481 e. The molecule has 0 aliphatic heterocycles. The molecule has 1 aliphatic carbocycles. The fourth-order valence-corrected chi connectivity index (χ4v) is 2.50. The molecular formula is C17H23N3O3. The number of anilines is 2. The number of hydrogen-bond donors (Lipinski definition) is 3. The molecule has 0 saturated carbocycles. The van der Waals surface area contributed by atoms with Crippen molar-refractivity contribution in [3.63, 3.8) is 0 Å². The highest BCUT2D eigenvalue weighted by molar-refractivity contribution is 5.91. The van der Waals surface area contributed by atoms with E-state index in [1.165, 1.54) is 31.3 Å². The number of carbonyl (C=O) groups is 2. The van der Waals surface area contributed by atoms with E-state index in [-0.39, 0.29) is 18.7 Å². The first kappa shape index (κ1) is 17.0. The van der Waals surface area contributed by atoms with Crippen molar-refractivity contribution in [2.45, 2.75) is 44.9 Å². The number of aliphatic carboxylic acids is 1. The van der Waals surface area contributed by atoms with Crippen molar-refractivity contribution in [2.24, 2.45) is 0 Å². The molecule has 2 rings (SSSR count). The van der Waals surface area contributed by atoms with Crippen molar-refractivity contribution in [2.75, 3.05) is 17.2 Å². The lowest BCUT2D eigenvalue weighted by molar-refractivity contribution is -0.138. The summed E-state index contributed by atoms with van der Waals surface area (Å²) >= 11 is 0. The van der Waals surface area contributed by atoms with Gasteiger partial charge in [-0.15, -0.1) is 0 Å². The van der Waals surface area contributed by atoms with Crippen molar-refractivity contribution in [1.29, 1.82) is 0 Å². The molecule has 0 fully saturated rings. The van der Waals surface area contributed by atoms with Crippen LogP contribution in [0.5, 0.6) is 0 Å². The topological polar surface area (TPSA) is 91.3 Å². The third-order valence-electron chi connectivity index (χ3n) is 3.76. The van der Waals surface area contributed by atoms with Crippen LogP contribution < -0.4 is 10.6 Å². The maximum atomic E-state index is 11.5. The van der Waals surface area contributed by atoms with Crippen LogP contribution in [0.2, 0.25) is 0 Å². The third kappa shape index (κ3) is 6.50. The average molecular weight is 317 g/mol. The Balaban J connectivity index is 1.72. The number of pyridine rings is 1. The number of amides is 1. The van der Waals surface area contributed by atoms with Crippen molar-refractivity contribution < 1.29 is 14.7 Å². The van der Waals surface area contributed by atoms with Crippen molar-refractivity contribution in [3.8, 4) is 0 Å². The zero-order valence-electron chi connectivity index (χ0n) is 13.2. The Morgan fingerprint density at radius 2 is 2.09 bits per heavy atom. The summed E-state index contributed by atoms with van der Waals surface area (Å²) in [6, 6.07) is 3.57. The average Bonchev–Trinajstić information content (AvgIpc) is 2.56. The number of rotatable bonds is 8. The van der Waals surface area contributed by atoms with Gasteiger partial charge < -0.3 is 15.7 Å². The van der Waals surface area contributed by atoms with Crippen LogP contribution in [0.15, 0.2) is 30.0 Å². The Kier molecular flexibility index (Phi) is 6.59. The van der Waals surface area contributed by atoms with Gasteiger partial charge >= 0.3 is 5.97 Å².